The van der Waals surface area contributed by atoms with Gasteiger partial charge in [0.2, 0.25) is 10.0 Å². The van der Waals surface area contributed by atoms with E-state index in [-0.39, 0.29) is 22.1 Å². The molecule has 2 N–H and O–H groups in total. The van der Waals surface area contributed by atoms with Gasteiger partial charge >= 0.3 is 0 Å². The highest BCUT2D eigenvalue weighted by Crippen LogP contribution is 2.24. The summed E-state index contributed by atoms with van der Waals surface area (Å²) in [6, 6.07) is 12.1. The van der Waals surface area contributed by atoms with Crippen LogP contribution in [0.25, 0.3) is 0 Å². The van der Waals surface area contributed by atoms with Crippen molar-refractivity contribution in [3.8, 4) is 11.5 Å². The molecule has 146 valence electrons. The maximum absolute atomic E-state index is 12.3. The Kier molecular flexibility index (Phi) is 7.20. The van der Waals surface area contributed by atoms with Crippen LogP contribution in [0.2, 0.25) is 0 Å². The second-order valence-electron chi connectivity index (χ2n) is 5.78. The Labute approximate surface area is 159 Å². The van der Waals surface area contributed by atoms with Gasteiger partial charge in [-0.2, -0.15) is 0 Å². The average molecular weight is 392 g/mol. The monoisotopic (exact) mass is 392 g/mol. The zero-order valence-corrected chi connectivity index (χ0v) is 16.4. The number of sulfonamides is 1. The van der Waals surface area contributed by atoms with Crippen LogP contribution in [0.5, 0.6) is 11.5 Å². The maximum atomic E-state index is 12.3. The molecule has 0 saturated heterocycles. The van der Waals surface area contributed by atoms with Crippen molar-refractivity contribution < 1.29 is 22.7 Å². The third-order valence-electron chi connectivity index (χ3n) is 4.07. The van der Waals surface area contributed by atoms with E-state index in [0.29, 0.717) is 6.54 Å². The Morgan fingerprint density at radius 3 is 2.33 bits per heavy atom. The number of hydrogen-bond donors (Lipinski definition) is 2. The van der Waals surface area contributed by atoms with Crippen molar-refractivity contribution in [3.63, 3.8) is 0 Å². The summed E-state index contributed by atoms with van der Waals surface area (Å²) in [4.78, 5) is 12.3. The molecule has 2 aromatic carbocycles. The minimum atomic E-state index is -3.73. The van der Waals surface area contributed by atoms with Crippen LogP contribution >= 0.6 is 0 Å². The summed E-state index contributed by atoms with van der Waals surface area (Å²) >= 11 is 0. The van der Waals surface area contributed by atoms with Gasteiger partial charge in [-0.3, -0.25) is 4.79 Å². The molecule has 0 aliphatic carbocycles. The topological polar surface area (TPSA) is 93.7 Å². The molecule has 0 aliphatic heterocycles. The van der Waals surface area contributed by atoms with E-state index in [1.165, 1.54) is 32.4 Å². The van der Waals surface area contributed by atoms with Crippen LogP contribution in [0.4, 0.5) is 0 Å². The van der Waals surface area contributed by atoms with Crippen molar-refractivity contribution in [2.75, 3.05) is 27.8 Å². The van der Waals surface area contributed by atoms with Gasteiger partial charge in [0.25, 0.3) is 5.91 Å². The van der Waals surface area contributed by atoms with Crippen molar-refractivity contribution in [2.24, 2.45) is 0 Å². The van der Waals surface area contributed by atoms with Crippen molar-refractivity contribution in [1.82, 2.24) is 10.0 Å². The lowest BCUT2D eigenvalue weighted by molar-refractivity contribution is 0.0953. The standard InChI is InChI=1S/C19H24N2O5S/c1-20-27(23,24)18-13-15(8-11-17(18)26-3)19(22)21-12-4-5-14-6-9-16(25-2)10-7-14/h6-11,13,20H,4-5,12H2,1-3H3,(H,21,22). The fourth-order valence-electron chi connectivity index (χ4n) is 2.53. The number of nitrogens with one attached hydrogen (secondary N) is 2. The summed E-state index contributed by atoms with van der Waals surface area (Å²) < 4.78 is 36.6. The number of methoxy groups -OCH3 is 2. The molecule has 0 unspecified atom stereocenters. The van der Waals surface area contributed by atoms with Crippen LogP contribution in [0.3, 0.4) is 0 Å². The molecule has 27 heavy (non-hydrogen) atoms. The van der Waals surface area contributed by atoms with Gasteiger partial charge in [-0.05, 0) is 55.8 Å². The smallest absolute Gasteiger partial charge is 0.251 e. The number of benzene rings is 2. The van der Waals surface area contributed by atoms with Crippen LogP contribution in [0.1, 0.15) is 22.3 Å². The Balaban J connectivity index is 1.96. The molecule has 0 atom stereocenters. The van der Waals surface area contributed by atoms with E-state index in [9.17, 15) is 13.2 Å². The summed E-state index contributed by atoms with van der Waals surface area (Å²) in [6.45, 7) is 0.477. The normalized spacial score (nSPS) is 11.1. The lowest BCUT2D eigenvalue weighted by Crippen LogP contribution is -2.26. The van der Waals surface area contributed by atoms with Gasteiger partial charge in [0, 0.05) is 12.1 Å². The largest absolute Gasteiger partial charge is 0.497 e. The van der Waals surface area contributed by atoms with Gasteiger partial charge in [-0.15, -0.1) is 0 Å². The van der Waals surface area contributed by atoms with Crippen LogP contribution in [-0.2, 0) is 16.4 Å². The van der Waals surface area contributed by atoms with Crippen molar-refractivity contribution in [3.05, 3.63) is 53.6 Å². The second-order valence-corrected chi connectivity index (χ2v) is 7.64. The first-order valence-electron chi connectivity index (χ1n) is 8.44. The minimum absolute atomic E-state index is 0.0709. The summed E-state index contributed by atoms with van der Waals surface area (Å²) in [5.74, 6) is 0.652. The Hall–Kier alpha value is -2.58. The van der Waals surface area contributed by atoms with Crippen LogP contribution in [0, 0.1) is 0 Å². The average Bonchev–Trinajstić information content (AvgIpc) is 2.70. The minimum Gasteiger partial charge on any atom is -0.497 e. The molecular weight excluding hydrogens is 368 g/mol. The first-order chi connectivity index (χ1) is 12.9. The molecule has 2 rings (SSSR count). The zero-order valence-electron chi connectivity index (χ0n) is 15.6. The Morgan fingerprint density at radius 2 is 1.74 bits per heavy atom. The fourth-order valence-corrected chi connectivity index (χ4v) is 3.44. The lowest BCUT2D eigenvalue weighted by atomic mass is 10.1. The predicted molar refractivity (Wildman–Crippen MR) is 103 cm³/mol. The van der Waals surface area contributed by atoms with Gasteiger partial charge < -0.3 is 14.8 Å². The van der Waals surface area contributed by atoms with Gasteiger partial charge in [-0.1, -0.05) is 12.1 Å². The molecule has 0 aromatic heterocycles. The molecule has 7 nitrogen and oxygen atoms in total. The van der Waals surface area contributed by atoms with E-state index < -0.39 is 10.0 Å². The van der Waals surface area contributed by atoms with Gasteiger partial charge in [0.1, 0.15) is 16.4 Å². The molecule has 0 fully saturated rings. The third kappa shape index (κ3) is 5.45. The molecule has 2 aromatic rings. The summed E-state index contributed by atoms with van der Waals surface area (Å²) in [6.07, 6.45) is 1.57. The molecule has 0 radical (unpaired) electrons. The van der Waals surface area contributed by atoms with E-state index in [1.807, 2.05) is 24.3 Å². The third-order valence-corrected chi connectivity index (χ3v) is 5.51. The number of carbonyl (C=O) groups excluding carboxylic acids is 1. The van der Waals surface area contributed by atoms with E-state index >= 15 is 0 Å². The highest BCUT2D eigenvalue weighted by Gasteiger charge is 2.20. The second kappa shape index (κ2) is 9.38. The zero-order chi connectivity index (χ0) is 19.9. The SMILES string of the molecule is CNS(=O)(=O)c1cc(C(=O)NCCCc2ccc(OC)cc2)ccc1OC. The highest BCUT2D eigenvalue weighted by atomic mass is 32.2. The lowest BCUT2D eigenvalue weighted by Gasteiger charge is -2.11. The molecule has 0 aliphatic rings. The molecule has 8 heteroatoms. The molecule has 0 heterocycles. The summed E-state index contributed by atoms with van der Waals surface area (Å²) in [7, 11) is 0.577. The fraction of sp³-hybridized carbons (Fsp3) is 0.316. The van der Waals surface area contributed by atoms with Crippen molar-refractivity contribution in [2.45, 2.75) is 17.7 Å². The number of ether oxygens (including phenoxy) is 2. The van der Waals surface area contributed by atoms with Gasteiger partial charge in [0.15, 0.2) is 0 Å². The van der Waals surface area contributed by atoms with Crippen molar-refractivity contribution >= 4 is 15.9 Å². The first-order valence-corrected chi connectivity index (χ1v) is 9.92. The van der Waals surface area contributed by atoms with E-state index in [2.05, 4.69) is 10.0 Å². The van der Waals surface area contributed by atoms with E-state index in [1.54, 1.807) is 7.11 Å². The Morgan fingerprint density at radius 1 is 1.04 bits per heavy atom. The highest BCUT2D eigenvalue weighted by molar-refractivity contribution is 7.89. The first kappa shape index (κ1) is 20.7. The molecular formula is C19H24N2O5S. The van der Waals surface area contributed by atoms with E-state index in [4.69, 9.17) is 9.47 Å². The number of rotatable bonds is 9. The number of carbonyl (C=O) groups is 1. The van der Waals surface area contributed by atoms with Crippen LogP contribution in [0.15, 0.2) is 47.4 Å². The van der Waals surface area contributed by atoms with Gasteiger partial charge in [-0.25, -0.2) is 13.1 Å². The summed E-state index contributed by atoms with van der Waals surface area (Å²) in [5, 5.41) is 2.81. The maximum Gasteiger partial charge on any atom is 0.251 e. The predicted octanol–water partition coefficient (Wildman–Crippen LogP) is 1.97. The molecule has 0 bridgehead atoms. The van der Waals surface area contributed by atoms with Gasteiger partial charge in [0.05, 0.1) is 14.2 Å². The molecule has 1 amide bonds. The molecule has 0 spiro atoms. The van der Waals surface area contributed by atoms with Crippen molar-refractivity contribution in [1.29, 1.82) is 0 Å². The quantitative estimate of drug-likeness (QED) is 0.637. The summed E-state index contributed by atoms with van der Waals surface area (Å²) in [5.41, 5.74) is 1.41. The van der Waals surface area contributed by atoms with Crippen LogP contribution < -0.4 is 19.5 Å². The number of amides is 1. The Bertz CT molecular complexity index is 879. The molecule has 0 saturated carbocycles. The number of aryl methyl sites for hydroxylation is 1. The van der Waals surface area contributed by atoms with E-state index in [0.717, 1.165) is 24.2 Å². The van der Waals surface area contributed by atoms with Crippen LogP contribution in [-0.4, -0.2) is 42.1 Å². The number of hydrogen-bond acceptors (Lipinski definition) is 5.